The Morgan fingerprint density at radius 3 is 2.64 bits per heavy atom. The van der Waals surface area contributed by atoms with Crippen LogP contribution in [0.1, 0.15) is 38.7 Å². The van der Waals surface area contributed by atoms with E-state index in [9.17, 15) is 14.4 Å². The van der Waals surface area contributed by atoms with Gasteiger partial charge in [0.2, 0.25) is 5.91 Å². The van der Waals surface area contributed by atoms with Crippen LogP contribution in [0.5, 0.6) is 0 Å². The van der Waals surface area contributed by atoms with Crippen LogP contribution in [0.15, 0.2) is 30.3 Å². The maximum absolute atomic E-state index is 12.8. The van der Waals surface area contributed by atoms with E-state index >= 15 is 0 Å². The van der Waals surface area contributed by atoms with Gasteiger partial charge in [0, 0.05) is 6.54 Å². The lowest BCUT2D eigenvalue weighted by molar-refractivity contribution is -0.155. The molecule has 0 spiro atoms. The molecular formula is C20H29N3O5. The standard InChI is InChI=1S/C20H29N3O5/c1-3-27-19(25)16(12-11-15-8-5-4-6-9-15)22-14(2)18(24)23-13-7-10-17(23)20(26)28-21/h4-6,8-9,14,16-17,22H,3,7,10-13,21H2,1-2H3/t14-,16-,17-/m0/s1. The van der Waals surface area contributed by atoms with Gasteiger partial charge in [0.15, 0.2) is 0 Å². The Morgan fingerprint density at radius 1 is 1.29 bits per heavy atom. The Labute approximate surface area is 165 Å². The molecule has 1 fully saturated rings. The zero-order chi connectivity index (χ0) is 20.5. The smallest absolute Gasteiger partial charge is 0.347 e. The summed E-state index contributed by atoms with van der Waals surface area (Å²) in [5.74, 6) is 3.70. The number of amides is 1. The molecule has 3 N–H and O–H groups in total. The molecule has 1 amide bonds. The first-order chi connectivity index (χ1) is 13.5. The van der Waals surface area contributed by atoms with Gasteiger partial charge in [-0.2, -0.15) is 5.90 Å². The third kappa shape index (κ3) is 5.77. The molecule has 0 saturated carbocycles. The van der Waals surface area contributed by atoms with Gasteiger partial charge in [-0.15, -0.1) is 0 Å². The van der Waals surface area contributed by atoms with E-state index in [1.807, 2.05) is 30.3 Å². The van der Waals surface area contributed by atoms with E-state index in [1.165, 1.54) is 4.90 Å². The van der Waals surface area contributed by atoms with E-state index in [4.69, 9.17) is 10.6 Å². The first kappa shape index (κ1) is 21.8. The molecular weight excluding hydrogens is 362 g/mol. The summed E-state index contributed by atoms with van der Waals surface area (Å²) in [5.41, 5.74) is 1.10. The maximum atomic E-state index is 12.8. The summed E-state index contributed by atoms with van der Waals surface area (Å²) in [6, 6.07) is 7.85. The Bertz CT molecular complexity index is 667. The van der Waals surface area contributed by atoms with E-state index in [2.05, 4.69) is 10.2 Å². The molecule has 3 atom stereocenters. The molecule has 0 aromatic heterocycles. The highest BCUT2D eigenvalue weighted by molar-refractivity contribution is 5.88. The molecule has 8 heteroatoms. The summed E-state index contributed by atoms with van der Waals surface area (Å²) in [6.45, 7) is 4.15. The van der Waals surface area contributed by atoms with Crippen molar-refractivity contribution in [1.29, 1.82) is 0 Å². The van der Waals surface area contributed by atoms with Gasteiger partial charge in [0.25, 0.3) is 0 Å². The first-order valence-electron chi connectivity index (χ1n) is 9.65. The van der Waals surface area contributed by atoms with E-state index in [0.717, 1.165) is 5.56 Å². The van der Waals surface area contributed by atoms with Gasteiger partial charge in [0.1, 0.15) is 12.1 Å². The Kier molecular flexibility index (Phi) is 8.41. The van der Waals surface area contributed by atoms with Crippen molar-refractivity contribution in [1.82, 2.24) is 10.2 Å². The molecule has 1 saturated heterocycles. The molecule has 8 nitrogen and oxygen atoms in total. The van der Waals surface area contributed by atoms with Crippen LogP contribution in [0.25, 0.3) is 0 Å². The number of rotatable bonds is 9. The highest BCUT2D eigenvalue weighted by atomic mass is 16.7. The molecule has 0 unspecified atom stereocenters. The van der Waals surface area contributed by atoms with Crippen LogP contribution in [0, 0.1) is 0 Å². The summed E-state index contributed by atoms with van der Waals surface area (Å²) in [7, 11) is 0. The number of aryl methyl sites for hydroxylation is 1. The van der Waals surface area contributed by atoms with Crippen molar-refractivity contribution in [2.75, 3.05) is 13.2 Å². The molecule has 28 heavy (non-hydrogen) atoms. The minimum absolute atomic E-state index is 0.262. The molecule has 0 radical (unpaired) electrons. The molecule has 0 bridgehead atoms. The number of hydrogen-bond acceptors (Lipinski definition) is 7. The highest BCUT2D eigenvalue weighted by Gasteiger charge is 2.37. The van der Waals surface area contributed by atoms with E-state index in [0.29, 0.717) is 32.2 Å². The second-order valence-electron chi connectivity index (χ2n) is 6.84. The number of nitrogens with zero attached hydrogens (tertiary/aromatic N) is 1. The van der Waals surface area contributed by atoms with Crippen LogP contribution < -0.4 is 11.2 Å². The lowest BCUT2D eigenvalue weighted by Gasteiger charge is -2.28. The van der Waals surface area contributed by atoms with Crippen LogP contribution in [-0.4, -0.2) is 54.0 Å². The molecule has 1 aromatic rings. The van der Waals surface area contributed by atoms with Crippen molar-refractivity contribution < 1.29 is 24.0 Å². The number of carbonyl (C=O) groups excluding carboxylic acids is 3. The number of carbonyl (C=O) groups is 3. The fraction of sp³-hybridized carbons (Fsp3) is 0.550. The molecule has 1 aromatic carbocycles. The van der Waals surface area contributed by atoms with Crippen molar-refractivity contribution in [3.63, 3.8) is 0 Å². The second-order valence-corrected chi connectivity index (χ2v) is 6.84. The molecule has 2 rings (SSSR count). The van der Waals surface area contributed by atoms with Crippen molar-refractivity contribution in [3.05, 3.63) is 35.9 Å². The van der Waals surface area contributed by atoms with Crippen molar-refractivity contribution in [2.24, 2.45) is 5.90 Å². The van der Waals surface area contributed by atoms with Gasteiger partial charge in [-0.05, 0) is 45.1 Å². The lowest BCUT2D eigenvalue weighted by Crippen LogP contribution is -2.53. The summed E-state index contributed by atoms with van der Waals surface area (Å²) in [4.78, 5) is 42.8. The Balaban J connectivity index is 2.01. The quantitative estimate of drug-likeness (QED) is 0.476. The van der Waals surface area contributed by atoms with Gasteiger partial charge < -0.3 is 14.5 Å². The fourth-order valence-corrected chi connectivity index (χ4v) is 3.44. The largest absolute Gasteiger partial charge is 0.465 e. The minimum atomic E-state index is -0.674. The summed E-state index contributed by atoms with van der Waals surface area (Å²) >= 11 is 0. The van der Waals surface area contributed by atoms with Crippen molar-refractivity contribution >= 4 is 17.8 Å². The number of benzene rings is 1. The topological polar surface area (TPSA) is 111 Å². The normalized spacial score (nSPS) is 18.4. The SMILES string of the molecule is CCOC(=O)[C@H](CCc1ccccc1)N[C@@H](C)C(=O)N1CCC[C@H]1C(=O)ON. The average molecular weight is 391 g/mol. The van der Waals surface area contributed by atoms with Gasteiger partial charge in [-0.25, -0.2) is 4.79 Å². The first-order valence-corrected chi connectivity index (χ1v) is 9.65. The maximum Gasteiger partial charge on any atom is 0.347 e. The predicted molar refractivity (Wildman–Crippen MR) is 103 cm³/mol. The van der Waals surface area contributed by atoms with Gasteiger partial charge in [-0.1, -0.05) is 30.3 Å². The molecule has 0 aliphatic carbocycles. The summed E-state index contributed by atoms with van der Waals surface area (Å²) in [5, 5.41) is 3.08. The number of nitrogens with two attached hydrogens (primary N) is 1. The molecule has 154 valence electrons. The highest BCUT2D eigenvalue weighted by Crippen LogP contribution is 2.19. The number of nitrogens with one attached hydrogen (secondary N) is 1. The third-order valence-electron chi connectivity index (χ3n) is 4.88. The van der Waals surface area contributed by atoms with Crippen LogP contribution >= 0.6 is 0 Å². The number of hydrogen-bond donors (Lipinski definition) is 2. The summed E-state index contributed by atoms with van der Waals surface area (Å²) < 4.78 is 5.16. The van der Waals surface area contributed by atoms with Crippen LogP contribution in [0.4, 0.5) is 0 Å². The molecule has 1 aliphatic rings. The fourth-order valence-electron chi connectivity index (χ4n) is 3.44. The van der Waals surface area contributed by atoms with Crippen LogP contribution in [0.3, 0.4) is 0 Å². The lowest BCUT2D eigenvalue weighted by atomic mass is 10.0. The monoisotopic (exact) mass is 391 g/mol. The van der Waals surface area contributed by atoms with E-state index in [-0.39, 0.29) is 12.5 Å². The Hall–Kier alpha value is -2.45. The third-order valence-corrected chi connectivity index (χ3v) is 4.88. The van der Waals surface area contributed by atoms with Crippen LogP contribution in [0.2, 0.25) is 0 Å². The zero-order valence-corrected chi connectivity index (χ0v) is 16.4. The van der Waals surface area contributed by atoms with E-state index < -0.39 is 30.1 Å². The van der Waals surface area contributed by atoms with E-state index in [1.54, 1.807) is 13.8 Å². The predicted octanol–water partition coefficient (Wildman–Crippen LogP) is 0.937. The number of esters is 1. The zero-order valence-electron chi connectivity index (χ0n) is 16.4. The second kappa shape index (κ2) is 10.8. The number of ether oxygens (including phenoxy) is 1. The van der Waals surface area contributed by atoms with Crippen molar-refractivity contribution in [2.45, 2.75) is 57.7 Å². The Morgan fingerprint density at radius 2 is 2.00 bits per heavy atom. The van der Waals surface area contributed by atoms with Crippen LogP contribution in [-0.2, 0) is 30.4 Å². The average Bonchev–Trinajstić information content (AvgIpc) is 3.20. The minimum Gasteiger partial charge on any atom is -0.465 e. The summed E-state index contributed by atoms with van der Waals surface area (Å²) in [6.07, 6.45) is 2.39. The molecule has 1 aliphatic heterocycles. The van der Waals surface area contributed by atoms with Gasteiger partial charge >= 0.3 is 11.9 Å². The van der Waals surface area contributed by atoms with Gasteiger partial charge in [0.05, 0.1) is 12.6 Å². The van der Waals surface area contributed by atoms with Gasteiger partial charge in [-0.3, -0.25) is 14.9 Å². The molecule has 1 heterocycles. The van der Waals surface area contributed by atoms with Crippen molar-refractivity contribution in [3.8, 4) is 0 Å². The number of likely N-dealkylation sites (tertiary alicyclic amines) is 1.